The van der Waals surface area contributed by atoms with Crippen LogP contribution in [0.2, 0.25) is 0 Å². The monoisotopic (exact) mass is 436 g/mol. The number of likely N-dealkylation sites (N-methyl/N-ethyl adjacent to an activating group) is 1. The van der Waals surface area contributed by atoms with E-state index in [-0.39, 0.29) is 5.82 Å². The van der Waals surface area contributed by atoms with Gasteiger partial charge in [0.25, 0.3) is 0 Å². The van der Waals surface area contributed by atoms with E-state index in [1.54, 1.807) is 18.3 Å². The van der Waals surface area contributed by atoms with Gasteiger partial charge < -0.3 is 24.1 Å². The molecule has 3 aromatic rings. The zero-order valence-electron chi connectivity index (χ0n) is 18.2. The molecule has 0 saturated carbocycles. The Morgan fingerprint density at radius 3 is 2.53 bits per heavy atom. The van der Waals surface area contributed by atoms with Gasteiger partial charge in [-0.3, -0.25) is 0 Å². The Balaban J connectivity index is 1.31. The number of hydrogen-bond acceptors (Lipinski definition) is 4. The number of fused-ring (bicyclic) bond motifs is 1. The van der Waals surface area contributed by atoms with E-state index in [1.165, 1.54) is 18.3 Å². The molecule has 0 atom stereocenters. The maximum Gasteiger partial charge on any atom is 0.189 e. The molecule has 2 aromatic carbocycles. The lowest BCUT2D eigenvalue weighted by Gasteiger charge is -2.43. The molecule has 1 aromatic heterocycles. The van der Waals surface area contributed by atoms with Crippen LogP contribution in [-0.2, 0) is 6.54 Å². The molecule has 1 saturated heterocycles. The van der Waals surface area contributed by atoms with E-state index in [9.17, 15) is 9.60 Å². The third-order valence-corrected chi connectivity index (χ3v) is 6.35. The van der Waals surface area contributed by atoms with E-state index in [1.807, 2.05) is 18.2 Å². The summed E-state index contributed by atoms with van der Waals surface area (Å²) in [4.78, 5) is 2.36. The molecule has 0 aliphatic carbocycles. The third kappa shape index (κ3) is 4.21. The van der Waals surface area contributed by atoms with Gasteiger partial charge in [-0.1, -0.05) is 18.2 Å². The Bertz CT molecular complexity index is 1110. The average molecular weight is 437 g/mol. The van der Waals surface area contributed by atoms with Crippen molar-refractivity contribution < 1.29 is 23.1 Å². The van der Waals surface area contributed by atoms with Crippen LogP contribution in [0.3, 0.4) is 0 Å². The van der Waals surface area contributed by atoms with Gasteiger partial charge >= 0.3 is 0 Å². The van der Waals surface area contributed by atoms with Gasteiger partial charge in [0, 0.05) is 5.56 Å². The predicted octanol–water partition coefficient (Wildman–Crippen LogP) is 3.36. The first kappa shape index (κ1) is 20.6. The molecule has 0 spiro atoms. The van der Waals surface area contributed by atoms with Crippen LogP contribution in [0.25, 0.3) is 11.1 Å². The van der Waals surface area contributed by atoms with E-state index < -0.39 is 0 Å². The van der Waals surface area contributed by atoms with Gasteiger partial charge in [-0.05, 0) is 35.9 Å². The summed E-state index contributed by atoms with van der Waals surface area (Å²) in [5, 5.41) is 12.3. The summed E-state index contributed by atoms with van der Waals surface area (Å²) in [5.74, 6) is 1.37. The maximum atomic E-state index is 13.3. The van der Waals surface area contributed by atoms with Gasteiger partial charge in [-0.2, -0.15) is 4.73 Å². The fourth-order valence-corrected chi connectivity index (χ4v) is 4.59. The van der Waals surface area contributed by atoms with E-state index in [0.29, 0.717) is 13.2 Å². The molecule has 0 radical (unpaired) electrons. The highest BCUT2D eigenvalue weighted by Gasteiger charge is 2.32. The quantitative estimate of drug-likeness (QED) is 0.358. The van der Waals surface area contributed by atoms with E-state index >= 15 is 0 Å². The second-order valence-corrected chi connectivity index (χ2v) is 8.81. The van der Waals surface area contributed by atoms with Crippen molar-refractivity contribution in [3.05, 3.63) is 77.5 Å². The molecule has 2 aliphatic rings. The van der Waals surface area contributed by atoms with Crippen molar-refractivity contribution in [2.45, 2.75) is 6.54 Å². The largest absolute Gasteiger partial charge is 0.619 e. The van der Waals surface area contributed by atoms with E-state index in [4.69, 9.17) is 9.47 Å². The highest BCUT2D eigenvalue weighted by atomic mass is 19.1. The van der Waals surface area contributed by atoms with Crippen molar-refractivity contribution in [2.24, 2.45) is 0 Å². The molecule has 7 heteroatoms. The molecular weight excluding hydrogens is 409 g/mol. The molecule has 0 amide bonds. The fraction of sp³-hybridized carbons (Fsp3) is 0.320. The summed E-state index contributed by atoms with van der Waals surface area (Å²) in [7, 11) is 2.23. The molecule has 1 fully saturated rings. The number of piperazine rings is 1. The first-order chi connectivity index (χ1) is 15.5. The summed E-state index contributed by atoms with van der Waals surface area (Å²) in [6.07, 6.45) is 3.18. The van der Waals surface area contributed by atoms with Gasteiger partial charge in [-0.25, -0.2) is 4.39 Å². The maximum absolute atomic E-state index is 13.3. The molecule has 0 bridgehead atoms. The summed E-state index contributed by atoms with van der Waals surface area (Å²) < 4.78 is 26.6. The number of anilines is 1. The van der Waals surface area contributed by atoms with E-state index in [2.05, 4.69) is 18.0 Å². The van der Waals surface area contributed by atoms with Gasteiger partial charge in [-0.15, -0.1) is 0 Å². The first-order valence-corrected chi connectivity index (χ1v) is 10.9. The van der Waals surface area contributed by atoms with Crippen LogP contribution in [0.15, 0.2) is 60.9 Å². The number of rotatable bonds is 4. The Hall–Kier alpha value is -3.32. The van der Waals surface area contributed by atoms with Crippen LogP contribution in [0.5, 0.6) is 11.5 Å². The molecule has 5 rings (SSSR count). The van der Waals surface area contributed by atoms with Crippen molar-refractivity contribution in [1.82, 2.24) is 0 Å². The minimum atomic E-state index is -0.285. The molecule has 0 unspecified atom stereocenters. The lowest BCUT2D eigenvalue weighted by Crippen LogP contribution is -2.57. The van der Waals surface area contributed by atoms with Crippen LogP contribution in [-0.4, -0.2) is 50.9 Å². The Morgan fingerprint density at radius 1 is 1.00 bits per heavy atom. The zero-order chi connectivity index (χ0) is 22.1. The van der Waals surface area contributed by atoms with Gasteiger partial charge in [0.1, 0.15) is 25.6 Å². The zero-order valence-corrected chi connectivity index (χ0v) is 18.2. The molecule has 32 heavy (non-hydrogen) atoms. The van der Waals surface area contributed by atoms with Crippen molar-refractivity contribution >= 4 is 5.69 Å². The lowest BCUT2D eigenvalue weighted by molar-refractivity contribution is -0.923. The minimum Gasteiger partial charge on any atom is -0.619 e. The number of aromatic nitrogens is 1. The number of pyridine rings is 1. The normalized spacial score (nSPS) is 17.2. The second kappa shape index (κ2) is 8.31. The van der Waals surface area contributed by atoms with Crippen LogP contribution in [0.4, 0.5) is 10.1 Å². The number of quaternary nitrogens is 1. The Labute approximate surface area is 187 Å². The number of benzene rings is 2. The first-order valence-electron chi connectivity index (χ1n) is 10.9. The number of halogens is 1. The summed E-state index contributed by atoms with van der Waals surface area (Å²) in [6, 6.07) is 14.3. The number of ether oxygens (including phenoxy) is 2. The smallest absolute Gasteiger partial charge is 0.189 e. The van der Waals surface area contributed by atoms with Crippen molar-refractivity contribution in [3.63, 3.8) is 0 Å². The van der Waals surface area contributed by atoms with Gasteiger partial charge in [0.2, 0.25) is 0 Å². The van der Waals surface area contributed by atoms with Crippen molar-refractivity contribution in [3.8, 4) is 22.6 Å². The Kier molecular flexibility index (Phi) is 5.35. The third-order valence-electron chi connectivity index (χ3n) is 6.35. The van der Waals surface area contributed by atoms with Crippen LogP contribution < -0.4 is 19.1 Å². The Morgan fingerprint density at radius 2 is 1.75 bits per heavy atom. The van der Waals surface area contributed by atoms with Crippen molar-refractivity contribution in [1.29, 1.82) is 0 Å². The second-order valence-electron chi connectivity index (χ2n) is 8.81. The van der Waals surface area contributed by atoms with Gasteiger partial charge in [0.15, 0.2) is 23.9 Å². The molecule has 2 aliphatic heterocycles. The number of para-hydroxylation sites is 1. The fourth-order valence-electron chi connectivity index (χ4n) is 4.59. The van der Waals surface area contributed by atoms with Crippen molar-refractivity contribution in [2.75, 3.05) is 51.3 Å². The number of nitrogens with zero attached hydrogens (tertiary/aromatic N) is 3. The standard InChI is InChI=1S/C25H27FN3O3/c1-29(18-19-15-21(17-28(30)16-19)20-5-7-22(26)8-6-20)11-9-27(10-12-29)23-3-2-4-24-25(23)32-14-13-31-24/h2-8,15-17H,9-14,18H2,1H3/q+1. The lowest BCUT2D eigenvalue weighted by atomic mass is 10.1. The van der Waals surface area contributed by atoms with Crippen LogP contribution in [0, 0.1) is 11.0 Å². The molecule has 3 heterocycles. The topological polar surface area (TPSA) is 48.6 Å². The summed E-state index contributed by atoms with van der Waals surface area (Å²) in [5.41, 5.74) is 3.70. The minimum absolute atomic E-state index is 0.285. The van der Waals surface area contributed by atoms with Gasteiger partial charge in [0.05, 0.1) is 44.5 Å². The van der Waals surface area contributed by atoms with E-state index in [0.717, 1.165) is 75.8 Å². The molecule has 0 N–H and O–H groups in total. The molecular formula is C25H27FN3O3+. The van der Waals surface area contributed by atoms with Crippen LogP contribution >= 0.6 is 0 Å². The average Bonchev–Trinajstić information content (AvgIpc) is 2.79. The predicted molar refractivity (Wildman–Crippen MR) is 120 cm³/mol. The van der Waals surface area contributed by atoms with Crippen LogP contribution in [0.1, 0.15) is 5.56 Å². The number of hydrogen-bond donors (Lipinski definition) is 0. The summed E-state index contributed by atoms with van der Waals surface area (Å²) in [6.45, 7) is 5.61. The summed E-state index contributed by atoms with van der Waals surface area (Å²) >= 11 is 0. The highest BCUT2D eigenvalue weighted by molar-refractivity contribution is 5.65. The SMILES string of the molecule is C[N+]1(Cc2cc(-c3ccc(F)cc3)c[n+]([O-])c2)CCN(c2cccc3c2OCCO3)CC1. The molecule has 166 valence electrons. The highest BCUT2D eigenvalue weighted by Crippen LogP contribution is 2.40. The molecule has 6 nitrogen and oxygen atoms in total.